The van der Waals surface area contributed by atoms with Gasteiger partial charge in [-0.1, -0.05) is 12.8 Å². The number of benzene rings is 1. The summed E-state index contributed by atoms with van der Waals surface area (Å²) in [4.78, 5) is 37.7. The lowest BCUT2D eigenvalue weighted by Gasteiger charge is -2.20. The Morgan fingerprint density at radius 3 is 2.61 bits per heavy atom. The van der Waals surface area contributed by atoms with Gasteiger partial charge in [0.05, 0.1) is 13.7 Å². The van der Waals surface area contributed by atoms with Crippen LogP contribution in [0, 0.1) is 0 Å². The minimum atomic E-state index is -0.720. The molecule has 1 heterocycles. The van der Waals surface area contributed by atoms with Crippen molar-refractivity contribution in [2.45, 2.75) is 44.7 Å². The van der Waals surface area contributed by atoms with Crippen molar-refractivity contribution < 1.29 is 19.1 Å². The highest BCUT2D eigenvalue weighted by Gasteiger charge is 2.52. The number of rotatable bonds is 4. The van der Waals surface area contributed by atoms with Gasteiger partial charge < -0.3 is 10.1 Å². The smallest absolute Gasteiger partial charge is 0.325 e. The Morgan fingerprint density at radius 2 is 2.00 bits per heavy atom. The van der Waals surface area contributed by atoms with E-state index in [1.54, 1.807) is 18.2 Å². The van der Waals surface area contributed by atoms with Gasteiger partial charge in [0.15, 0.2) is 5.78 Å². The fraction of sp³-hybridized carbons (Fsp3) is 0.471. The van der Waals surface area contributed by atoms with Gasteiger partial charge >= 0.3 is 6.03 Å². The average molecular weight is 316 g/mol. The molecule has 3 rings (SSSR count). The summed E-state index contributed by atoms with van der Waals surface area (Å²) < 4.78 is 5.30. The number of nitrogens with zero attached hydrogens (tertiary/aromatic N) is 1. The van der Waals surface area contributed by atoms with Crippen molar-refractivity contribution in [1.82, 2.24) is 10.2 Å². The normalized spacial score (nSPS) is 19.3. The second kappa shape index (κ2) is 5.68. The van der Waals surface area contributed by atoms with Gasteiger partial charge in [-0.05, 0) is 38.0 Å². The first-order valence-electron chi connectivity index (χ1n) is 7.79. The number of ketones is 1. The van der Waals surface area contributed by atoms with Gasteiger partial charge in [0.25, 0.3) is 5.91 Å². The Kier molecular flexibility index (Phi) is 3.83. The molecular formula is C17H20N2O4. The first kappa shape index (κ1) is 15.5. The Balaban J connectivity index is 1.89. The second-order valence-electron chi connectivity index (χ2n) is 6.19. The molecule has 0 bridgehead atoms. The highest BCUT2D eigenvalue weighted by Crippen LogP contribution is 2.36. The molecule has 0 unspecified atom stereocenters. The van der Waals surface area contributed by atoms with Crippen molar-refractivity contribution in [3.05, 3.63) is 29.3 Å². The molecule has 6 nitrogen and oxygen atoms in total. The predicted octanol–water partition coefficient (Wildman–Crippen LogP) is 2.26. The van der Waals surface area contributed by atoms with Gasteiger partial charge in [0, 0.05) is 11.1 Å². The zero-order valence-electron chi connectivity index (χ0n) is 13.3. The number of amides is 3. The molecular weight excluding hydrogens is 296 g/mol. The number of ether oxygens (including phenoxy) is 1. The molecule has 3 amide bonds. The van der Waals surface area contributed by atoms with Crippen LogP contribution < -0.4 is 10.1 Å². The lowest BCUT2D eigenvalue weighted by atomic mass is 9.98. The van der Waals surface area contributed by atoms with E-state index in [0.29, 0.717) is 29.7 Å². The van der Waals surface area contributed by atoms with Crippen LogP contribution >= 0.6 is 0 Å². The molecule has 23 heavy (non-hydrogen) atoms. The van der Waals surface area contributed by atoms with Crippen molar-refractivity contribution in [1.29, 1.82) is 0 Å². The third-order valence-corrected chi connectivity index (χ3v) is 4.72. The van der Waals surface area contributed by atoms with Crippen molar-refractivity contribution in [3.63, 3.8) is 0 Å². The zero-order valence-corrected chi connectivity index (χ0v) is 13.3. The molecule has 1 aliphatic heterocycles. The molecule has 1 aliphatic carbocycles. The zero-order chi connectivity index (χ0) is 16.6. The van der Waals surface area contributed by atoms with Crippen LogP contribution in [0.4, 0.5) is 4.79 Å². The maximum absolute atomic E-state index is 12.7. The van der Waals surface area contributed by atoms with Crippen LogP contribution in [0.2, 0.25) is 0 Å². The number of nitrogens with one attached hydrogen (secondary N) is 1. The molecule has 122 valence electrons. The predicted molar refractivity (Wildman–Crippen MR) is 83.3 cm³/mol. The summed E-state index contributed by atoms with van der Waals surface area (Å²) in [5, 5.41) is 2.85. The number of imide groups is 1. The number of carbonyl (C=O) groups is 3. The van der Waals surface area contributed by atoms with Crippen LogP contribution in [0.3, 0.4) is 0 Å². The van der Waals surface area contributed by atoms with Gasteiger partial charge in [-0.25, -0.2) is 4.79 Å². The van der Waals surface area contributed by atoms with E-state index in [1.165, 1.54) is 18.9 Å². The summed E-state index contributed by atoms with van der Waals surface area (Å²) in [6, 6.07) is 4.68. The quantitative estimate of drug-likeness (QED) is 0.683. The first-order chi connectivity index (χ1) is 11.0. The molecule has 2 aliphatic rings. The maximum Gasteiger partial charge on any atom is 0.325 e. The summed E-state index contributed by atoms with van der Waals surface area (Å²) in [6.45, 7) is 1.59. The summed E-state index contributed by atoms with van der Waals surface area (Å²) in [6.07, 6.45) is 3.28. The number of hydrogen-bond donors (Lipinski definition) is 1. The van der Waals surface area contributed by atoms with Crippen LogP contribution in [-0.2, 0) is 11.3 Å². The summed E-state index contributed by atoms with van der Waals surface area (Å²) >= 11 is 0. The molecule has 1 aromatic rings. The van der Waals surface area contributed by atoms with Gasteiger partial charge in [-0.2, -0.15) is 0 Å². The van der Waals surface area contributed by atoms with Gasteiger partial charge in [0.2, 0.25) is 0 Å². The monoisotopic (exact) mass is 316 g/mol. The second-order valence-corrected chi connectivity index (χ2v) is 6.19. The first-order valence-corrected chi connectivity index (χ1v) is 7.79. The van der Waals surface area contributed by atoms with Crippen LogP contribution in [0.5, 0.6) is 5.75 Å². The van der Waals surface area contributed by atoms with E-state index in [-0.39, 0.29) is 24.3 Å². The molecule has 1 spiro atoms. The topological polar surface area (TPSA) is 75.7 Å². The Hall–Kier alpha value is -2.37. The highest BCUT2D eigenvalue weighted by molar-refractivity contribution is 6.07. The number of methoxy groups -OCH3 is 1. The van der Waals surface area contributed by atoms with Crippen LogP contribution in [0.25, 0.3) is 0 Å². The average Bonchev–Trinajstić information content (AvgIpc) is 3.08. The standard InChI is InChI=1S/C17H20N2O4/c1-11(20)12-5-6-14(23-2)13(9-12)10-19-15(21)17(18-16(19)22)7-3-4-8-17/h5-6,9H,3-4,7-8,10H2,1-2H3,(H,18,22). The molecule has 2 fully saturated rings. The maximum atomic E-state index is 12.7. The fourth-order valence-corrected chi connectivity index (χ4v) is 3.43. The minimum absolute atomic E-state index is 0.0710. The van der Waals surface area contributed by atoms with E-state index in [1.807, 2.05) is 0 Å². The third-order valence-electron chi connectivity index (χ3n) is 4.72. The summed E-state index contributed by atoms with van der Waals surface area (Å²) in [7, 11) is 1.52. The highest BCUT2D eigenvalue weighted by atomic mass is 16.5. The van der Waals surface area contributed by atoms with E-state index >= 15 is 0 Å². The molecule has 1 saturated heterocycles. The largest absolute Gasteiger partial charge is 0.496 e. The molecule has 1 N–H and O–H groups in total. The molecule has 1 saturated carbocycles. The molecule has 0 atom stereocenters. The fourth-order valence-electron chi connectivity index (χ4n) is 3.43. The number of urea groups is 1. The Bertz CT molecular complexity index is 677. The molecule has 6 heteroatoms. The van der Waals surface area contributed by atoms with Crippen molar-refractivity contribution in [3.8, 4) is 5.75 Å². The van der Waals surface area contributed by atoms with Crippen LogP contribution in [0.15, 0.2) is 18.2 Å². The minimum Gasteiger partial charge on any atom is -0.496 e. The summed E-state index contributed by atoms with van der Waals surface area (Å²) in [5.74, 6) is 0.316. The Labute approximate surface area is 134 Å². The van der Waals surface area contributed by atoms with E-state index in [4.69, 9.17) is 4.74 Å². The van der Waals surface area contributed by atoms with E-state index < -0.39 is 5.54 Å². The van der Waals surface area contributed by atoms with E-state index in [9.17, 15) is 14.4 Å². The number of hydrogen-bond acceptors (Lipinski definition) is 4. The van der Waals surface area contributed by atoms with E-state index in [0.717, 1.165) is 12.8 Å². The van der Waals surface area contributed by atoms with Crippen LogP contribution in [0.1, 0.15) is 48.5 Å². The van der Waals surface area contributed by atoms with Gasteiger partial charge in [-0.3, -0.25) is 14.5 Å². The molecule has 1 aromatic carbocycles. The van der Waals surface area contributed by atoms with Crippen molar-refractivity contribution in [2.24, 2.45) is 0 Å². The van der Waals surface area contributed by atoms with Crippen LogP contribution in [-0.4, -0.2) is 35.3 Å². The number of carbonyl (C=O) groups excluding carboxylic acids is 3. The van der Waals surface area contributed by atoms with Crippen molar-refractivity contribution >= 4 is 17.7 Å². The molecule has 0 aromatic heterocycles. The Morgan fingerprint density at radius 1 is 1.30 bits per heavy atom. The molecule has 0 radical (unpaired) electrons. The third kappa shape index (κ3) is 2.58. The van der Waals surface area contributed by atoms with Gasteiger partial charge in [0.1, 0.15) is 11.3 Å². The van der Waals surface area contributed by atoms with Crippen molar-refractivity contribution in [2.75, 3.05) is 7.11 Å². The van der Waals surface area contributed by atoms with E-state index in [2.05, 4.69) is 5.32 Å². The SMILES string of the molecule is COc1ccc(C(C)=O)cc1CN1C(=O)NC2(CCCC2)C1=O. The van der Waals surface area contributed by atoms with Gasteiger partial charge in [-0.15, -0.1) is 0 Å². The lowest BCUT2D eigenvalue weighted by molar-refractivity contribution is -0.131. The lowest BCUT2D eigenvalue weighted by Crippen LogP contribution is -2.44. The summed E-state index contributed by atoms with van der Waals surface area (Å²) in [5.41, 5.74) is 0.463. The number of Topliss-reactive ketones (excluding diaryl/α,β-unsaturated/α-hetero) is 1.